The number of nitrogens with zero attached hydrogens (tertiary/aromatic N) is 1. The topological polar surface area (TPSA) is 29.5 Å². The molecule has 0 radical (unpaired) electrons. The number of benzene rings is 9. The Labute approximate surface area is 317 Å². The van der Waals surface area contributed by atoms with E-state index in [0.717, 1.165) is 94.3 Å². The second kappa shape index (κ2) is 12.6. The number of hydrogen-bond acceptors (Lipinski definition) is 3. The Morgan fingerprint density at radius 1 is 0.309 bits per heavy atom. The molecule has 55 heavy (non-hydrogen) atoms. The lowest BCUT2D eigenvalue weighted by molar-refractivity contribution is 0.669. The fraction of sp³-hybridized carbons (Fsp3) is 0. The van der Waals surface area contributed by atoms with E-state index in [-0.39, 0.29) is 0 Å². The lowest BCUT2D eigenvalue weighted by atomic mass is 9.95. The number of fused-ring (bicyclic) bond motifs is 7. The molecule has 3 heteroatoms. The first-order chi connectivity index (χ1) is 27.2. The summed E-state index contributed by atoms with van der Waals surface area (Å²) in [5, 5.41) is 6.88. The SMILES string of the molecule is c1ccc(-c2ccc(-c3ccc4ccccc4c3)cc2N(c2cccc(-c3cccc4c3oc3ccccc34)c2)c2ccc3c(c2)oc2ccccc23)cc1. The van der Waals surface area contributed by atoms with Crippen molar-refractivity contribution in [3.63, 3.8) is 0 Å². The highest BCUT2D eigenvalue weighted by atomic mass is 16.3. The molecule has 11 aromatic rings. The average molecular weight is 704 g/mol. The van der Waals surface area contributed by atoms with Crippen molar-refractivity contribution in [1.82, 2.24) is 0 Å². The lowest BCUT2D eigenvalue weighted by Gasteiger charge is -2.29. The Balaban J connectivity index is 1.16. The van der Waals surface area contributed by atoms with Crippen molar-refractivity contribution in [2.45, 2.75) is 0 Å². The van der Waals surface area contributed by atoms with Crippen molar-refractivity contribution in [2.75, 3.05) is 4.90 Å². The molecule has 0 unspecified atom stereocenters. The van der Waals surface area contributed by atoms with Crippen LogP contribution in [0.5, 0.6) is 0 Å². The Hall–Kier alpha value is -7.36. The number of anilines is 3. The van der Waals surface area contributed by atoms with Crippen LogP contribution in [0.1, 0.15) is 0 Å². The summed E-state index contributed by atoms with van der Waals surface area (Å²) in [6, 6.07) is 71.1. The van der Waals surface area contributed by atoms with Gasteiger partial charge in [0.15, 0.2) is 0 Å². The summed E-state index contributed by atoms with van der Waals surface area (Å²) in [7, 11) is 0. The van der Waals surface area contributed by atoms with Crippen molar-refractivity contribution in [2.24, 2.45) is 0 Å². The summed E-state index contributed by atoms with van der Waals surface area (Å²) in [5.74, 6) is 0. The predicted octanol–water partition coefficient (Wildman–Crippen LogP) is 15.1. The summed E-state index contributed by atoms with van der Waals surface area (Å²) in [6.45, 7) is 0. The van der Waals surface area contributed by atoms with Gasteiger partial charge < -0.3 is 13.7 Å². The highest BCUT2D eigenvalue weighted by molar-refractivity contribution is 6.10. The minimum atomic E-state index is 0.846. The minimum Gasteiger partial charge on any atom is -0.456 e. The molecule has 2 aromatic heterocycles. The van der Waals surface area contributed by atoms with Crippen LogP contribution < -0.4 is 4.90 Å². The van der Waals surface area contributed by atoms with Gasteiger partial charge in [-0.25, -0.2) is 0 Å². The van der Waals surface area contributed by atoms with Crippen LogP contribution in [0, 0.1) is 0 Å². The van der Waals surface area contributed by atoms with Gasteiger partial charge >= 0.3 is 0 Å². The molecular formula is C52H33NO2. The van der Waals surface area contributed by atoms with E-state index in [1.807, 2.05) is 24.3 Å². The third kappa shape index (κ3) is 5.28. The molecule has 2 heterocycles. The van der Waals surface area contributed by atoms with Crippen molar-refractivity contribution >= 4 is 71.7 Å². The van der Waals surface area contributed by atoms with Crippen LogP contribution in [-0.2, 0) is 0 Å². The van der Waals surface area contributed by atoms with Crippen molar-refractivity contribution in [3.8, 4) is 33.4 Å². The molecule has 9 aromatic carbocycles. The van der Waals surface area contributed by atoms with Crippen LogP contribution in [0.4, 0.5) is 17.1 Å². The normalized spacial score (nSPS) is 11.6. The molecule has 0 fully saturated rings. The Kier molecular flexibility index (Phi) is 7.17. The fourth-order valence-electron chi connectivity index (χ4n) is 8.19. The first kappa shape index (κ1) is 31.2. The summed E-state index contributed by atoms with van der Waals surface area (Å²) >= 11 is 0. The molecule has 0 N–H and O–H groups in total. The summed E-state index contributed by atoms with van der Waals surface area (Å²) in [6.07, 6.45) is 0. The van der Waals surface area contributed by atoms with Crippen LogP contribution in [0.3, 0.4) is 0 Å². The van der Waals surface area contributed by atoms with Crippen molar-refractivity contribution in [3.05, 3.63) is 200 Å². The second-order valence-corrected chi connectivity index (χ2v) is 14.1. The second-order valence-electron chi connectivity index (χ2n) is 14.1. The molecule has 11 rings (SSSR count). The summed E-state index contributed by atoms with van der Waals surface area (Å²) in [4.78, 5) is 2.38. The van der Waals surface area contributed by atoms with Crippen LogP contribution in [0.25, 0.3) is 88.0 Å². The first-order valence-corrected chi connectivity index (χ1v) is 18.7. The molecule has 0 saturated carbocycles. The van der Waals surface area contributed by atoms with E-state index >= 15 is 0 Å². The summed E-state index contributed by atoms with van der Waals surface area (Å²) < 4.78 is 13.0. The molecule has 0 atom stereocenters. The molecule has 0 bridgehead atoms. The highest BCUT2D eigenvalue weighted by Crippen LogP contribution is 2.46. The Morgan fingerprint density at radius 2 is 0.945 bits per heavy atom. The van der Waals surface area contributed by atoms with Crippen LogP contribution in [0.2, 0.25) is 0 Å². The molecule has 3 nitrogen and oxygen atoms in total. The molecule has 0 saturated heterocycles. The van der Waals surface area contributed by atoms with Gasteiger partial charge in [0, 0.05) is 50.1 Å². The average Bonchev–Trinajstić information content (AvgIpc) is 3.82. The van der Waals surface area contributed by atoms with Gasteiger partial charge in [0.25, 0.3) is 0 Å². The Morgan fingerprint density at radius 3 is 1.82 bits per heavy atom. The van der Waals surface area contributed by atoms with Gasteiger partial charge in [-0.2, -0.15) is 0 Å². The number of rotatable bonds is 6. The number of furan rings is 2. The lowest BCUT2D eigenvalue weighted by Crippen LogP contribution is -2.11. The van der Waals surface area contributed by atoms with Gasteiger partial charge in [-0.15, -0.1) is 0 Å². The molecule has 258 valence electrons. The quantitative estimate of drug-likeness (QED) is 0.173. The monoisotopic (exact) mass is 703 g/mol. The molecule has 0 amide bonds. The molecule has 0 aliphatic carbocycles. The maximum absolute atomic E-state index is 6.53. The van der Waals surface area contributed by atoms with E-state index in [1.54, 1.807) is 0 Å². The minimum absolute atomic E-state index is 0.846. The molecule has 0 spiro atoms. The van der Waals surface area contributed by atoms with Gasteiger partial charge in [0.05, 0.1) is 5.69 Å². The third-order valence-corrected chi connectivity index (χ3v) is 10.8. The smallest absolute Gasteiger partial charge is 0.143 e. The largest absolute Gasteiger partial charge is 0.456 e. The third-order valence-electron chi connectivity index (χ3n) is 10.8. The molecule has 0 aliphatic rings. The van der Waals surface area contributed by atoms with E-state index in [9.17, 15) is 0 Å². The van der Waals surface area contributed by atoms with Crippen LogP contribution in [0.15, 0.2) is 209 Å². The van der Waals surface area contributed by atoms with Crippen LogP contribution in [-0.4, -0.2) is 0 Å². The van der Waals surface area contributed by atoms with E-state index < -0.39 is 0 Å². The van der Waals surface area contributed by atoms with E-state index in [1.165, 1.54) is 10.8 Å². The fourth-order valence-corrected chi connectivity index (χ4v) is 8.19. The standard InChI is InChI=1S/C52H33NO2/c1-2-13-35(14-3-1)42-28-26-38(37-25-24-34-12-4-5-15-36(34)30-37)32-48(42)53(41-27-29-46-44-18-6-8-22-49(44)54-51(46)33-41)40-17-10-16-39(31-40)43-20-11-21-47-45-19-7-9-23-50(45)55-52(43)47/h1-33H. The zero-order chi connectivity index (χ0) is 36.3. The van der Waals surface area contributed by atoms with E-state index in [4.69, 9.17) is 8.83 Å². The Bertz CT molecular complexity index is 3220. The van der Waals surface area contributed by atoms with Gasteiger partial charge in [-0.3, -0.25) is 0 Å². The van der Waals surface area contributed by atoms with E-state index in [2.05, 4.69) is 181 Å². The zero-order valence-electron chi connectivity index (χ0n) is 29.8. The zero-order valence-corrected chi connectivity index (χ0v) is 29.8. The molecular weight excluding hydrogens is 671 g/mol. The number of para-hydroxylation sites is 3. The van der Waals surface area contributed by atoms with E-state index in [0.29, 0.717) is 0 Å². The highest BCUT2D eigenvalue weighted by Gasteiger charge is 2.21. The van der Waals surface area contributed by atoms with Gasteiger partial charge in [-0.1, -0.05) is 146 Å². The maximum Gasteiger partial charge on any atom is 0.143 e. The molecule has 0 aliphatic heterocycles. The maximum atomic E-state index is 6.53. The van der Waals surface area contributed by atoms with Gasteiger partial charge in [0.1, 0.15) is 22.3 Å². The first-order valence-electron chi connectivity index (χ1n) is 18.7. The predicted molar refractivity (Wildman–Crippen MR) is 229 cm³/mol. The van der Waals surface area contributed by atoms with Crippen LogP contribution >= 0.6 is 0 Å². The van der Waals surface area contributed by atoms with Gasteiger partial charge in [0.2, 0.25) is 0 Å². The summed E-state index contributed by atoms with van der Waals surface area (Å²) in [5.41, 5.74) is 13.3. The number of hydrogen-bond donors (Lipinski definition) is 0. The van der Waals surface area contributed by atoms with Gasteiger partial charge in [-0.05, 0) is 81.6 Å². The van der Waals surface area contributed by atoms with Crippen molar-refractivity contribution in [1.29, 1.82) is 0 Å². The van der Waals surface area contributed by atoms with Crippen molar-refractivity contribution < 1.29 is 8.83 Å².